The Morgan fingerprint density at radius 1 is 1.50 bits per heavy atom. The molecule has 2 N–H and O–H groups in total. The number of carbonyl (C=O) groups is 1. The lowest BCUT2D eigenvalue weighted by Gasteiger charge is -2.12. The number of hydrogen-bond donors (Lipinski definition) is 2. The van der Waals surface area contributed by atoms with Gasteiger partial charge in [-0.2, -0.15) is 11.8 Å². The van der Waals surface area contributed by atoms with Crippen LogP contribution in [0.1, 0.15) is 6.42 Å². The van der Waals surface area contributed by atoms with E-state index >= 15 is 0 Å². The third-order valence-corrected chi connectivity index (χ3v) is 4.14. The largest absolute Gasteiger partial charge is 0.453 e. The van der Waals surface area contributed by atoms with Crippen molar-refractivity contribution in [1.29, 1.82) is 0 Å². The van der Waals surface area contributed by atoms with E-state index in [-0.39, 0.29) is 0 Å². The lowest BCUT2D eigenvalue weighted by atomic mass is 10.1. The number of benzene rings is 1. The van der Waals surface area contributed by atoms with E-state index in [9.17, 15) is 4.79 Å². The summed E-state index contributed by atoms with van der Waals surface area (Å²) in [5.41, 5.74) is 1.77. The minimum atomic E-state index is -0.445. The van der Waals surface area contributed by atoms with E-state index in [0.717, 1.165) is 23.8 Å². The van der Waals surface area contributed by atoms with Crippen molar-refractivity contribution in [1.82, 2.24) is 0 Å². The molecule has 1 heterocycles. The monoisotopic (exact) mass is 266 g/mol. The lowest BCUT2D eigenvalue weighted by molar-refractivity contribution is 0.187. The Balaban J connectivity index is 1.87. The highest BCUT2D eigenvalue weighted by atomic mass is 32.2. The fourth-order valence-corrected chi connectivity index (χ4v) is 3.17. The topological polar surface area (TPSA) is 50.4 Å². The highest BCUT2D eigenvalue weighted by Gasteiger charge is 2.14. The first-order chi connectivity index (χ1) is 8.78. The van der Waals surface area contributed by atoms with Gasteiger partial charge in [0.1, 0.15) is 0 Å². The Kier molecular flexibility index (Phi) is 4.75. The Hall–Kier alpha value is -1.36. The minimum Gasteiger partial charge on any atom is -0.453 e. The molecule has 98 valence electrons. The van der Waals surface area contributed by atoms with Gasteiger partial charge in [0.25, 0.3) is 0 Å². The molecule has 0 aromatic heterocycles. The second kappa shape index (κ2) is 6.54. The van der Waals surface area contributed by atoms with E-state index in [1.54, 1.807) is 0 Å². The van der Waals surface area contributed by atoms with Crippen molar-refractivity contribution in [3.05, 3.63) is 24.3 Å². The molecule has 1 aromatic carbocycles. The third-order valence-electron chi connectivity index (χ3n) is 2.91. The summed E-state index contributed by atoms with van der Waals surface area (Å²) in [5, 5.41) is 6.07. The van der Waals surface area contributed by atoms with Gasteiger partial charge in [-0.3, -0.25) is 5.32 Å². The molecule has 0 radical (unpaired) electrons. The van der Waals surface area contributed by atoms with Gasteiger partial charge in [0.05, 0.1) is 7.11 Å². The van der Waals surface area contributed by atoms with Crippen LogP contribution in [-0.4, -0.2) is 31.3 Å². The number of hydrogen-bond acceptors (Lipinski definition) is 4. The van der Waals surface area contributed by atoms with Crippen LogP contribution in [0.25, 0.3) is 0 Å². The molecule has 1 aromatic rings. The zero-order chi connectivity index (χ0) is 12.8. The fourth-order valence-electron chi connectivity index (χ4n) is 1.88. The van der Waals surface area contributed by atoms with Gasteiger partial charge in [0, 0.05) is 17.9 Å². The molecule has 0 spiro atoms. The quantitative estimate of drug-likeness (QED) is 0.879. The molecule has 1 fully saturated rings. The van der Waals surface area contributed by atoms with Crippen molar-refractivity contribution < 1.29 is 9.53 Å². The van der Waals surface area contributed by atoms with Gasteiger partial charge < -0.3 is 10.1 Å². The van der Waals surface area contributed by atoms with Gasteiger partial charge in [0.2, 0.25) is 0 Å². The predicted octanol–water partition coefficient (Wildman–Crippen LogP) is 3.03. The first-order valence-electron chi connectivity index (χ1n) is 6.04. The van der Waals surface area contributed by atoms with Crippen LogP contribution in [0.3, 0.4) is 0 Å². The molecule has 1 aliphatic heterocycles. The summed E-state index contributed by atoms with van der Waals surface area (Å²) in [6, 6.07) is 7.67. The number of thioether (sulfide) groups is 1. The van der Waals surface area contributed by atoms with E-state index < -0.39 is 6.09 Å². The maximum absolute atomic E-state index is 11.1. The molecular weight excluding hydrogens is 248 g/mol. The zero-order valence-electron chi connectivity index (χ0n) is 10.4. The second-order valence-corrected chi connectivity index (χ2v) is 5.46. The summed E-state index contributed by atoms with van der Waals surface area (Å²) in [6.07, 6.45) is 0.844. The Bertz CT molecular complexity index is 406. The van der Waals surface area contributed by atoms with E-state index in [0.29, 0.717) is 0 Å². The van der Waals surface area contributed by atoms with Gasteiger partial charge >= 0.3 is 6.09 Å². The molecule has 1 aliphatic rings. The molecule has 0 bridgehead atoms. The van der Waals surface area contributed by atoms with Crippen molar-refractivity contribution in [2.45, 2.75) is 6.42 Å². The zero-order valence-corrected chi connectivity index (χ0v) is 11.3. The number of rotatable bonds is 4. The van der Waals surface area contributed by atoms with Crippen molar-refractivity contribution in [3.63, 3.8) is 0 Å². The number of methoxy groups -OCH3 is 1. The number of ether oxygens (including phenoxy) is 1. The molecule has 0 saturated carbocycles. The molecule has 1 unspecified atom stereocenters. The third kappa shape index (κ3) is 3.84. The summed E-state index contributed by atoms with van der Waals surface area (Å²) in [4.78, 5) is 11.1. The van der Waals surface area contributed by atoms with Crippen LogP contribution in [0, 0.1) is 5.92 Å². The number of nitrogens with one attached hydrogen (secondary N) is 2. The van der Waals surface area contributed by atoms with E-state index in [4.69, 9.17) is 0 Å². The standard InChI is InChI=1S/C13H18N2O2S/c1-17-13(16)15-12-4-2-3-11(7-12)14-8-10-5-6-18-9-10/h2-4,7,10,14H,5-6,8-9H2,1H3,(H,15,16). The van der Waals surface area contributed by atoms with Gasteiger partial charge in [-0.1, -0.05) is 6.07 Å². The first kappa shape index (κ1) is 13.1. The molecule has 0 aliphatic carbocycles. The summed E-state index contributed by atoms with van der Waals surface area (Å²) in [7, 11) is 1.36. The Morgan fingerprint density at radius 3 is 3.06 bits per heavy atom. The maximum Gasteiger partial charge on any atom is 0.411 e. The molecule has 1 atom stereocenters. The molecule has 1 amide bonds. The number of anilines is 2. The summed E-state index contributed by atoms with van der Waals surface area (Å²) < 4.78 is 4.56. The molecule has 4 nitrogen and oxygen atoms in total. The minimum absolute atomic E-state index is 0.445. The molecule has 18 heavy (non-hydrogen) atoms. The predicted molar refractivity (Wildman–Crippen MR) is 76.4 cm³/mol. The first-order valence-corrected chi connectivity index (χ1v) is 7.20. The van der Waals surface area contributed by atoms with Gasteiger partial charge in [-0.05, 0) is 42.0 Å². The normalized spacial score (nSPS) is 18.4. The summed E-state index contributed by atoms with van der Waals surface area (Å²) in [6.45, 7) is 0.995. The molecule has 1 saturated heterocycles. The van der Waals surface area contributed by atoms with Crippen LogP contribution in [0.4, 0.5) is 16.2 Å². The SMILES string of the molecule is COC(=O)Nc1cccc(NCC2CCSC2)c1. The van der Waals surface area contributed by atoms with Crippen LogP contribution in [0.15, 0.2) is 24.3 Å². The van der Waals surface area contributed by atoms with Crippen LogP contribution in [-0.2, 0) is 4.74 Å². The van der Waals surface area contributed by atoms with Gasteiger partial charge in [-0.25, -0.2) is 4.79 Å². The molecular formula is C13H18N2O2S. The van der Waals surface area contributed by atoms with Crippen molar-refractivity contribution >= 4 is 29.2 Å². The Labute approximate surface area is 111 Å². The lowest BCUT2D eigenvalue weighted by Crippen LogP contribution is -2.14. The average molecular weight is 266 g/mol. The average Bonchev–Trinajstić information content (AvgIpc) is 2.90. The van der Waals surface area contributed by atoms with Gasteiger partial charge in [0.15, 0.2) is 0 Å². The van der Waals surface area contributed by atoms with E-state index in [1.165, 1.54) is 25.0 Å². The van der Waals surface area contributed by atoms with E-state index in [2.05, 4.69) is 15.4 Å². The summed E-state index contributed by atoms with van der Waals surface area (Å²) in [5.74, 6) is 3.27. The van der Waals surface area contributed by atoms with Crippen molar-refractivity contribution in [3.8, 4) is 0 Å². The van der Waals surface area contributed by atoms with Crippen molar-refractivity contribution in [2.24, 2.45) is 5.92 Å². The van der Waals surface area contributed by atoms with Crippen LogP contribution < -0.4 is 10.6 Å². The van der Waals surface area contributed by atoms with Gasteiger partial charge in [-0.15, -0.1) is 0 Å². The maximum atomic E-state index is 11.1. The molecule has 5 heteroatoms. The van der Waals surface area contributed by atoms with Crippen molar-refractivity contribution in [2.75, 3.05) is 35.8 Å². The van der Waals surface area contributed by atoms with Crippen LogP contribution in [0.5, 0.6) is 0 Å². The number of carbonyl (C=O) groups excluding carboxylic acids is 1. The fraction of sp³-hybridized carbons (Fsp3) is 0.462. The van der Waals surface area contributed by atoms with E-state index in [1.807, 2.05) is 36.0 Å². The van der Waals surface area contributed by atoms with Crippen LogP contribution in [0.2, 0.25) is 0 Å². The highest BCUT2D eigenvalue weighted by molar-refractivity contribution is 7.99. The summed E-state index contributed by atoms with van der Waals surface area (Å²) >= 11 is 2.02. The Morgan fingerprint density at radius 2 is 2.33 bits per heavy atom. The number of amides is 1. The smallest absolute Gasteiger partial charge is 0.411 e. The molecule has 2 rings (SSSR count). The van der Waals surface area contributed by atoms with Crippen LogP contribution >= 0.6 is 11.8 Å². The second-order valence-electron chi connectivity index (χ2n) is 4.31. The highest BCUT2D eigenvalue weighted by Crippen LogP contribution is 2.24.